The summed E-state index contributed by atoms with van der Waals surface area (Å²) in [6.45, 7) is 0. The highest BCUT2D eigenvalue weighted by Crippen LogP contribution is 2.76. The van der Waals surface area contributed by atoms with E-state index in [9.17, 15) is 14.6 Å². The Bertz CT molecular complexity index is 578. The van der Waals surface area contributed by atoms with E-state index in [1.165, 1.54) is 0 Å². The van der Waals surface area contributed by atoms with E-state index in [2.05, 4.69) is 0 Å². The molecule has 0 aromatic heterocycles. The molecule has 0 aliphatic heterocycles. The van der Waals surface area contributed by atoms with Crippen molar-refractivity contribution in [3.05, 3.63) is 0 Å². The lowest BCUT2D eigenvalue weighted by molar-refractivity contribution is -0.335. The van der Waals surface area contributed by atoms with Gasteiger partial charge >= 0.3 is 0 Å². The highest BCUT2D eigenvalue weighted by Gasteiger charge is 2.77. The summed E-state index contributed by atoms with van der Waals surface area (Å²) < 4.78 is 45.5. The lowest BCUT2D eigenvalue weighted by Gasteiger charge is -2.69. The van der Waals surface area contributed by atoms with Crippen molar-refractivity contribution < 1.29 is 23.4 Å². The Morgan fingerprint density at radius 1 is 0.704 bits per heavy atom. The molecule has 2 N–H and O–H groups in total. The molecule has 0 aromatic rings. The van der Waals surface area contributed by atoms with Crippen LogP contribution in [-0.2, 0) is 0 Å². The Balaban J connectivity index is 1.41. The van der Waals surface area contributed by atoms with E-state index in [4.69, 9.17) is 0 Å². The van der Waals surface area contributed by atoms with Crippen LogP contribution < -0.4 is 0 Å². The molecule has 1 atom stereocenters. The van der Waals surface area contributed by atoms with E-state index >= 15 is 8.78 Å². The summed E-state index contributed by atoms with van der Waals surface area (Å²) in [5.41, 5.74) is -3.23. The zero-order chi connectivity index (χ0) is 19.1. The van der Waals surface area contributed by atoms with E-state index in [1.54, 1.807) is 0 Å². The summed E-state index contributed by atoms with van der Waals surface area (Å²) in [5.74, 6) is -2.79. The Hall–Kier alpha value is -0.290. The third kappa shape index (κ3) is 2.22. The highest BCUT2D eigenvalue weighted by atomic mass is 19.3. The van der Waals surface area contributed by atoms with Crippen molar-refractivity contribution in [3.63, 3.8) is 0 Å². The Labute approximate surface area is 159 Å². The molecule has 7 fully saturated rings. The molecular formula is C22H33F3O2. The van der Waals surface area contributed by atoms with E-state index in [0.29, 0.717) is 5.92 Å². The van der Waals surface area contributed by atoms with Crippen molar-refractivity contribution in [1.82, 2.24) is 0 Å². The predicted molar refractivity (Wildman–Crippen MR) is 96.2 cm³/mol. The van der Waals surface area contributed by atoms with Crippen LogP contribution >= 0.6 is 0 Å². The topological polar surface area (TPSA) is 40.5 Å². The molecule has 4 bridgehead atoms. The van der Waals surface area contributed by atoms with Gasteiger partial charge in [-0.3, -0.25) is 0 Å². The third-order valence-corrected chi connectivity index (χ3v) is 10.3. The largest absolute Gasteiger partial charge is 0.393 e. The molecule has 0 aromatic carbocycles. The van der Waals surface area contributed by atoms with E-state index in [0.717, 1.165) is 64.2 Å². The number of hydrogen-bond donors (Lipinski definition) is 2. The number of aliphatic hydroxyl groups excluding tert-OH is 1. The van der Waals surface area contributed by atoms with Crippen LogP contribution in [0.1, 0.15) is 89.9 Å². The summed E-state index contributed by atoms with van der Waals surface area (Å²) in [4.78, 5) is 0. The minimum Gasteiger partial charge on any atom is -0.393 e. The number of alkyl halides is 3. The van der Waals surface area contributed by atoms with E-state index < -0.39 is 28.5 Å². The van der Waals surface area contributed by atoms with E-state index in [1.807, 2.05) is 0 Å². The van der Waals surface area contributed by atoms with Gasteiger partial charge in [0.25, 0.3) is 5.92 Å². The number of fused-ring (bicyclic) bond motifs is 6. The van der Waals surface area contributed by atoms with Gasteiger partial charge in [0.15, 0.2) is 6.17 Å². The summed E-state index contributed by atoms with van der Waals surface area (Å²) in [6.07, 6.45) is 7.63. The number of halogens is 3. The smallest absolute Gasteiger partial charge is 0.287 e. The van der Waals surface area contributed by atoms with E-state index in [-0.39, 0.29) is 37.2 Å². The fourth-order valence-corrected chi connectivity index (χ4v) is 8.39. The average Bonchev–Trinajstić information content (AvgIpc) is 2.68. The molecule has 0 heterocycles. The molecule has 5 heteroatoms. The van der Waals surface area contributed by atoms with Gasteiger partial charge in [0.2, 0.25) is 0 Å². The first-order valence-corrected chi connectivity index (χ1v) is 11.1. The fraction of sp³-hybridized carbons (Fsp3) is 1.00. The number of hydrogen-bond acceptors (Lipinski definition) is 2. The molecule has 1 unspecified atom stereocenters. The Kier molecular flexibility index (Phi) is 3.92. The number of rotatable bonds is 2. The second-order valence-electron chi connectivity index (χ2n) is 10.8. The fourth-order valence-electron chi connectivity index (χ4n) is 8.39. The maximum absolute atomic E-state index is 15.4. The molecule has 2 nitrogen and oxygen atoms in total. The van der Waals surface area contributed by atoms with Crippen LogP contribution in [-0.4, -0.2) is 34.0 Å². The van der Waals surface area contributed by atoms with Crippen LogP contribution in [0.3, 0.4) is 0 Å². The zero-order valence-corrected chi connectivity index (χ0v) is 16.2. The molecule has 7 rings (SSSR count). The maximum Gasteiger partial charge on any atom is 0.287 e. The Morgan fingerprint density at radius 3 is 1.74 bits per heavy atom. The molecule has 0 spiro atoms. The molecule has 0 amide bonds. The van der Waals surface area contributed by atoms with Crippen molar-refractivity contribution >= 4 is 0 Å². The lowest BCUT2D eigenvalue weighted by atomic mass is 9.37. The first-order valence-electron chi connectivity index (χ1n) is 11.1. The van der Waals surface area contributed by atoms with Gasteiger partial charge in [-0.25, -0.2) is 13.2 Å². The Morgan fingerprint density at radius 2 is 1.22 bits per heavy atom. The molecule has 0 saturated heterocycles. The predicted octanol–water partition coefficient (Wildman–Crippen LogP) is 5.16. The highest BCUT2D eigenvalue weighted by molar-refractivity contribution is 5.22. The third-order valence-electron chi connectivity index (χ3n) is 10.3. The first kappa shape index (κ1) is 18.7. The van der Waals surface area contributed by atoms with Crippen LogP contribution in [0, 0.1) is 22.2 Å². The van der Waals surface area contributed by atoms with Gasteiger partial charge in [-0.05, 0) is 107 Å². The van der Waals surface area contributed by atoms with Crippen molar-refractivity contribution in [2.24, 2.45) is 22.2 Å². The van der Waals surface area contributed by atoms with Gasteiger partial charge < -0.3 is 10.2 Å². The van der Waals surface area contributed by atoms with Crippen LogP contribution in [0.15, 0.2) is 0 Å². The van der Waals surface area contributed by atoms with Crippen molar-refractivity contribution in [2.75, 3.05) is 0 Å². The molecule has 7 aliphatic rings. The van der Waals surface area contributed by atoms with Crippen LogP contribution in [0.5, 0.6) is 0 Å². The summed E-state index contributed by atoms with van der Waals surface area (Å²) >= 11 is 0. The van der Waals surface area contributed by atoms with Gasteiger partial charge in [-0.2, -0.15) is 0 Å². The van der Waals surface area contributed by atoms with Gasteiger partial charge in [0.1, 0.15) is 5.60 Å². The standard InChI is InChI=1S/C22H33F3O2/c23-17-20(27)11-13-21(14-12-20,22(17,24)25)19-8-5-18(6-9-19,7-10-19)15-1-3-16(26)4-2-15/h15-17,26-27H,1-14H2. The van der Waals surface area contributed by atoms with Crippen LogP contribution in [0.2, 0.25) is 0 Å². The normalized spacial score (nSPS) is 57.0. The van der Waals surface area contributed by atoms with Crippen LogP contribution in [0.4, 0.5) is 13.2 Å². The van der Waals surface area contributed by atoms with Gasteiger partial charge in [-0.1, -0.05) is 0 Å². The summed E-state index contributed by atoms with van der Waals surface area (Å²) in [6, 6.07) is 0. The second kappa shape index (κ2) is 5.65. The van der Waals surface area contributed by atoms with Crippen molar-refractivity contribution in [2.45, 2.75) is 114 Å². The minimum atomic E-state index is -3.41. The average molecular weight is 386 g/mol. The van der Waals surface area contributed by atoms with Gasteiger partial charge in [0.05, 0.1) is 6.10 Å². The number of aliphatic hydroxyl groups is 2. The summed E-state index contributed by atoms with van der Waals surface area (Å²) in [5, 5.41) is 20.2. The van der Waals surface area contributed by atoms with Gasteiger partial charge in [-0.15, -0.1) is 0 Å². The lowest BCUT2D eigenvalue weighted by Crippen LogP contribution is -2.72. The first-order chi connectivity index (χ1) is 12.7. The molecular weight excluding hydrogens is 353 g/mol. The maximum atomic E-state index is 15.4. The van der Waals surface area contributed by atoms with Crippen LogP contribution in [0.25, 0.3) is 0 Å². The van der Waals surface area contributed by atoms with Crippen molar-refractivity contribution in [1.29, 1.82) is 0 Å². The van der Waals surface area contributed by atoms with Gasteiger partial charge in [0, 0.05) is 5.41 Å². The quantitative estimate of drug-likeness (QED) is 0.688. The molecule has 0 radical (unpaired) electrons. The summed E-state index contributed by atoms with van der Waals surface area (Å²) in [7, 11) is 0. The minimum absolute atomic E-state index is 0.161. The molecule has 7 saturated carbocycles. The molecule has 27 heavy (non-hydrogen) atoms. The monoisotopic (exact) mass is 386 g/mol. The van der Waals surface area contributed by atoms with Crippen molar-refractivity contribution in [3.8, 4) is 0 Å². The zero-order valence-electron chi connectivity index (χ0n) is 16.2. The molecule has 7 aliphatic carbocycles. The molecule has 154 valence electrons. The second-order valence-corrected chi connectivity index (χ2v) is 10.8. The SMILES string of the molecule is OC1CCC(C23CCC(C45CCC(O)(CC4)C(F)C5(F)F)(CC2)CC3)CC1.